The third kappa shape index (κ3) is 5.75. The van der Waals surface area contributed by atoms with Gasteiger partial charge < -0.3 is 20.4 Å². The van der Waals surface area contributed by atoms with Crippen LogP contribution in [0.25, 0.3) is 10.2 Å². The van der Waals surface area contributed by atoms with E-state index in [2.05, 4.69) is 4.98 Å². The number of thiazole rings is 1. The summed E-state index contributed by atoms with van der Waals surface area (Å²) in [6.45, 7) is 0. The Morgan fingerprint density at radius 1 is 1.13 bits per heavy atom. The van der Waals surface area contributed by atoms with Gasteiger partial charge in [-0.1, -0.05) is 25.3 Å². The Labute approximate surface area is 179 Å². The lowest BCUT2D eigenvalue weighted by Gasteiger charge is -2.24. The van der Waals surface area contributed by atoms with Crippen LogP contribution < -0.4 is 0 Å². The van der Waals surface area contributed by atoms with E-state index in [0.717, 1.165) is 37.0 Å². The molecule has 2 aromatic rings. The van der Waals surface area contributed by atoms with Crippen molar-refractivity contribution >= 4 is 27.5 Å². The second-order valence-electron chi connectivity index (χ2n) is 8.28. The molecule has 6 nitrogen and oxygen atoms in total. The summed E-state index contributed by atoms with van der Waals surface area (Å²) < 4.78 is 14.3. The van der Waals surface area contributed by atoms with Crippen LogP contribution >= 0.6 is 11.3 Å². The number of hydrogen-bond acceptors (Lipinski definition) is 6. The van der Waals surface area contributed by atoms with E-state index in [0.29, 0.717) is 40.9 Å². The van der Waals surface area contributed by atoms with Crippen LogP contribution in [0.1, 0.15) is 68.9 Å². The summed E-state index contributed by atoms with van der Waals surface area (Å²) in [5.41, 5.74) is 0.533. The molecule has 2 unspecified atom stereocenters. The number of carboxylic acid groups (broad SMARTS) is 1. The number of aliphatic hydroxyl groups is 3. The number of unbranched alkanes of at least 4 members (excludes halogenated alkanes) is 3. The zero-order valence-electron chi connectivity index (χ0n) is 16.9. The van der Waals surface area contributed by atoms with Gasteiger partial charge in [-0.15, -0.1) is 11.3 Å². The van der Waals surface area contributed by atoms with Crippen molar-refractivity contribution in [2.75, 3.05) is 0 Å². The summed E-state index contributed by atoms with van der Waals surface area (Å²) in [7, 11) is 0. The zero-order valence-corrected chi connectivity index (χ0v) is 17.7. The minimum atomic E-state index is -0.830. The summed E-state index contributed by atoms with van der Waals surface area (Å²) in [6.07, 6.45) is 3.54. The minimum Gasteiger partial charge on any atom is -0.481 e. The van der Waals surface area contributed by atoms with Gasteiger partial charge in [0.15, 0.2) is 0 Å². The smallest absolute Gasteiger partial charge is 0.303 e. The van der Waals surface area contributed by atoms with Crippen molar-refractivity contribution in [2.45, 2.75) is 76.1 Å². The highest BCUT2D eigenvalue weighted by Crippen LogP contribution is 2.40. The molecule has 1 heterocycles. The Morgan fingerprint density at radius 3 is 2.53 bits per heavy atom. The second kappa shape index (κ2) is 10.6. The first-order chi connectivity index (χ1) is 14.4. The fourth-order valence-electron chi connectivity index (χ4n) is 4.54. The summed E-state index contributed by atoms with van der Waals surface area (Å²) in [5.74, 6) is -1.25. The van der Waals surface area contributed by atoms with Crippen LogP contribution in [0.4, 0.5) is 4.39 Å². The molecular weight excluding hydrogens is 409 g/mol. The van der Waals surface area contributed by atoms with Gasteiger partial charge in [-0.05, 0) is 56.1 Å². The van der Waals surface area contributed by atoms with Gasteiger partial charge in [-0.3, -0.25) is 4.79 Å². The molecule has 1 aromatic heterocycles. The first-order valence-corrected chi connectivity index (χ1v) is 11.5. The van der Waals surface area contributed by atoms with Crippen molar-refractivity contribution in [1.29, 1.82) is 0 Å². The first kappa shape index (κ1) is 23.1. The normalized spacial score (nSPS) is 25.1. The first-order valence-electron chi connectivity index (χ1n) is 10.7. The van der Waals surface area contributed by atoms with Gasteiger partial charge in [0, 0.05) is 6.42 Å². The van der Waals surface area contributed by atoms with Gasteiger partial charge in [0.25, 0.3) is 0 Å². The van der Waals surface area contributed by atoms with Crippen LogP contribution in [0.3, 0.4) is 0 Å². The Kier molecular flexibility index (Phi) is 8.16. The molecule has 30 heavy (non-hydrogen) atoms. The molecular formula is C22H30FNO5S. The molecule has 0 aliphatic heterocycles. The molecule has 0 saturated heterocycles. The van der Waals surface area contributed by atoms with E-state index in [-0.39, 0.29) is 24.1 Å². The Hall–Kier alpha value is -1.61. The second-order valence-corrected chi connectivity index (χ2v) is 9.31. The Bertz CT molecular complexity index is 844. The largest absolute Gasteiger partial charge is 0.481 e. The topological polar surface area (TPSA) is 111 Å². The van der Waals surface area contributed by atoms with Gasteiger partial charge in [0.1, 0.15) is 16.9 Å². The van der Waals surface area contributed by atoms with Crippen LogP contribution in [0.15, 0.2) is 18.2 Å². The van der Waals surface area contributed by atoms with Gasteiger partial charge in [0.05, 0.1) is 22.4 Å². The quantitative estimate of drug-likeness (QED) is 0.394. The number of fused-ring (bicyclic) bond motifs is 1. The zero-order chi connectivity index (χ0) is 21.7. The van der Waals surface area contributed by atoms with E-state index in [1.54, 1.807) is 12.1 Å². The van der Waals surface area contributed by atoms with Crippen LogP contribution in [-0.4, -0.2) is 43.6 Å². The lowest BCUT2D eigenvalue weighted by Crippen LogP contribution is -2.23. The maximum Gasteiger partial charge on any atom is 0.303 e. The summed E-state index contributed by atoms with van der Waals surface area (Å²) in [5, 5.41) is 40.5. The average Bonchev–Trinajstić information content (AvgIpc) is 3.24. The lowest BCUT2D eigenvalue weighted by molar-refractivity contribution is -0.137. The minimum absolute atomic E-state index is 0.0283. The van der Waals surface area contributed by atoms with E-state index in [1.165, 1.54) is 6.07 Å². The van der Waals surface area contributed by atoms with Crippen molar-refractivity contribution in [2.24, 2.45) is 11.8 Å². The maximum absolute atomic E-state index is 13.9. The summed E-state index contributed by atoms with van der Waals surface area (Å²) in [4.78, 5) is 14.9. The molecule has 1 fully saturated rings. The number of carbonyl (C=O) groups is 1. The number of benzene rings is 1. The predicted molar refractivity (Wildman–Crippen MR) is 113 cm³/mol. The Balaban J connectivity index is 1.51. The fourth-order valence-corrected chi connectivity index (χ4v) is 5.53. The van der Waals surface area contributed by atoms with Crippen molar-refractivity contribution in [3.63, 3.8) is 0 Å². The van der Waals surface area contributed by atoms with Gasteiger partial charge in [0.2, 0.25) is 0 Å². The summed E-state index contributed by atoms with van der Waals surface area (Å²) >= 11 is 1.15. The van der Waals surface area contributed by atoms with Crippen LogP contribution in [0, 0.1) is 17.7 Å². The van der Waals surface area contributed by atoms with Gasteiger partial charge in [-0.25, -0.2) is 9.37 Å². The number of carboxylic acids is 1. The molecule has 1 aliphatic rings. The number of aromatic nitrogens is 1. The highest BCUT2D eigenvalue weighted by molar-refractivity contribution is 7.18. The summed E-state index contributed by atoms with van der Waals surface area (Å²) in [6, 6.07) is 4.68. The van der Waals surface area contributed by atoms with Crippen molar-refractivity contribution in [3.8, 4) is 0 Å². The predicted octanol–water partition coefficient (Wildman–Crippen LogP) is 4.03. The molecule has 5 atom stereocenters. The van der Waals surface area contributed by atoms with Crippen LogP contribution in [-0.2, 0) is 4.79 Å². The number of halogens is 1. The fraction of sp³-hybridized carbons (Fsp3) is 0.636. The number of hydrogen-bond donors (Lipinski definition) is 4. The molecule has 166 valence electrons. The molecule has 3 rings (SSSR count). The maximum atomic E-state index is 13.9. The standard InChI is InChI=1S/C22H30FNO5S/c23-15-7-5-8-16-21(15)30-22(24-16)17(25)11-10-14-13(18(26)12-19(14)27)6-3-1-2-4-9-20(28)29/h5,7-8,13-14,17-19,25-27H,1-4,6,9-12H2,(H,28,29)/t13?,14-,17?,18+,19-/m1/s1. The number of aliphatic carboxylic acids is 1. The SMILES string of the molecule is O=C(O)CCCCCCC1[C@@H](CCC(O)c2nc3cccc(F)c3s2)[C@H](O)C[C@@H]1O. The lowest BCUT2D eigenvalue weighted by atomic mass is 9.85. The molecule has 4 N–H and O–H groups in total. The number of nitrogens with zero attached hydrogens (tertiary/aromatic N) is 1. The Morgan fingerprint density at radius 2 is 1.83 bits per heavy atom. The van der Waals surface area contributed by atoms with E-state index >= 15 is 0 Å². The van der Waals surface area contributed by atoms with Crippen molar-refractivity contribution < 1.29 is 29.6 Å². The van der Waals surface area contributed by atoms with Crippen molar-refractivity contribution in [3.05, 3.63) is 29.0 Å². The molecule has 1 saturated carbocycles. The van der Waals surface area contributed by atoms with E-state index in [9.17, 15) is 24.5 Å². The highest BCUT2D eigenvalue weighted by Gasteiger charge is 2.41. The van der Waals surface area contributed by atoms with E-state index in [4.69, 9.17) is 5.11 Å². The average molecular weight is 440 g/mol. The third-order valence-corrected chi connectivity index (χ3v) is 7.32. The number of aliphatic hydroxyl groups excluding tert-OH is 3. The van der Waals surface area contributed by atoms with Gasteiger partial charge in [-0.2, -0.15) is 0 Å². The molecule has 8 heteroatoms. The molecule has 0 bridgehead atoms. The molecule has 1 aliphatic carbocycles. The van der Waals surface area contributed by atoms with Crippen LogP contribution in [0.2, 0.25) is 0 Å². The van der Waals surface area contributed by atoms with Crippen molar-refractivity contribution in [1.82, 2.24) is 4.98 Å². The number of rotatable bonds is 11. The third-order valence-electron chi connectivity index (χ3n) is 6.14. The van der Waals surface area contributed by atoms with E-state index in [1.807, 2.05) is 0 Å². The van der Waals surface area contributed by atoms with Crippen LogP contribution in [0.5, 0.6) is 0 Å². The highest BCUT2D eigenvalue weighted by atomic mass is 32.1. The molecule has 0 radical (unpaired) electrons. The van der Waals surface area contributed by atoms with E-state index < -0.39 is 24.3 Å². The van der Waals surface area contributed by atoms with Gasteiger partial charge >= 0.3 is 5.97 Å². The molecule has 0 spiro atoms. The monoisotopic (exact) mass is 439 g/mol. The molecule has 0 amide bonds. The molecule has 1 aromatic carbocycles.